The van der Waals surface area contributed by atoms with E-state index in [1.165, 1.54) is 13.8 Å². The van der Waals surface area contributed by atoms with Crippen molar-refractivity contribution < 1.29 is 28.2 Å². The predicted octanol–water partition coefficient (Wildman–Crippen LogP) is 2.56. The van der Waals surface area contributed by atoms with Gasteiger partial charge in [0, 0.05) is 17.0 Å². The van der Waals surface area contributed by atoms with Crippen LogP contribution in [0.15, 0.2) is 6.07 Å². The minimum absolute atomic E-state index is 0.213. The first-order valence-electron chi connectivity index (χ1n) is 4.75. The molecule has 3 nitrogen and oxygen atoms in total. The Morgan fingerprint density at radius 1 is 1.29 bits per heavy atom. The summed E-state index contributed by atoms with van der Waals surface area (Å²) in [5.74, 6) is -6.55. The lowest BCUT2D eigenvalue weighted by molar-refractivity contribution is -0.138. The predicted molar refractivity (Wildman–Crippen MR) is 53.3 cm³/mol. The maximum Gasteiger partial charge on any atom is 0.304 e. The highest BCUT2D eigenvalue weighted by Gasteiger charge is 2.33. The van der Waals surface area contributed by atoms with E-state index in [-0.39, 0.29) is 6.07 Å². The van der Waals surface area contributed by atoms with E-state index in [1.54, 1.807) is 0 Å². The molecule has 0 bridgehead atoms. The van der Waals surface area contributed by atoms with Crippen molar-refractivity contribution in [1.82, 2.24) is 0 Å². The second-order valence-electron chi connectivity index (χ2n) is 4.33. The summed E-state index contributed by atoms with van der Waals surface area (Å²) in [4.78, 5) is 10.6. The molecule has 0 aliphatic carbocycles. The average molecular weight is 248 g/mol. The van der Waals surface area contributed by atoms with Gasteiger partial charge in [-0.25, -0.2) is 13.2 Å². The number of halogens is 3. The van der Waals surface area contributed by atoms with E-state index in [0.717, 1.165) is 0 Å². The molecule has 0 aliphatic rings. The molecule has 94 valence electrons. The van der Waals surface area contributed by atoms with Crippen LogP contribution in [0.4, 0.5) is 13.2 Å². The van der Waals surface area contributed by atoms with Gasteiger partial charge in [0.15, 0.2) is 23.2 Å². The molecule has 0 saturated heterocycles. The molecule has 1 rings (SSSR count). The summed E-state index contributed by atoms with van der Waals surface area (Å²) in [6, 6.07) is 0.213. The summed E-state index contributed by atoms with van der Waals surface area (Å²) in [5, 5.41) is 18.0. The largest absolute Gasteiger partial charge is 0.505 e. The molecule has 0 unspecified atom stereocenters. The molecule has 0 radical (unpaired) electrons. The summed E-state index contributed by atoms with van der Waals surface area (Å²) in [6.07, 6.45) is -0.569. The lowest BCUT2D eigenvalue weighted by Crippen LogP contribution is -2.24. The molecule has 17 heavy (non-hydrogen) atoms. The van der Waals surface area contributed by atoms with Crippen LogP contribution in [0.25, 0.3) is 0 Å². The van der Waals surface area contributed by atoms with Gasteiger partial charge in [-0.05, 0) is 0 Å². The lowest BCUT2D eigenvalue weighted by atomic mass is 9.80. The number of carboxylic acids is 1. The molecule has 0 atom stereocenters. The van der Waals surface area contributed by atoms with E-state index in [4.69, 9.17) is 5.11 Å². The third-order valence-electron chi connectivity index (χ3n) is 2.42. The van der Waals surface area contributed by atoms with Gasteiger partial charge in [0.2, 0.25) is 0 Å². The van der Waals surface area contributed by atoms with Crippen LogP contribution < -0.4 is 0 Å². The van der Waals surface area contributed by atoms with Crippen LogP contribution in [-0.2, 0) is 10.2 Å². The number of aliphatic carboxylic acids is 1. The summed E-state index contributed by atoms with van der Waals surface area (Å²) < 4.78 is 39.6. The number of hydrogen-bond donors (Lipinski definition) is 2. The van der Waals surface area contributed by atoms with Crippen LogP contribution in [0, 0.1) is 17.5 Å². The standard InChI is InChI=1S/C11H11F3O3/c1-11(2,4-7(15)16)8-9(14)5(12)3-6(13)10(8)17/h3,17H,4H2,1-2H3,(H,15,16). The first kappa shape index (κ1) is 13.3. The van der Waals surface area contributed by atoms with Gasteiger partial charge < -0.3 is 10.2 Å². The topological polar surface area (TPSA) is 57.5 Å². The normalized spacial score (nSPS) is 11.6. The molecule has 0 fully saturated rings. The highest BCUT2D eigenvalue weighted by molar-refractivity contribution is 5.69. The number of benzene rings is 1. The quantitative estimate of drug-likeness (QED) is 0.808. The van der Waals surface area contributed by atoms with Crippen molar-refractivity contribution >= 4 is 5.97 Å². The van der Waals surface area contributed by atoms with Gasteiger partial charge in [0.25, 0.3) is 0 Å². The molecule has 2 N–H and O–H groups in total. The number of carboxylic acid groups (broad SMARTS) is 1. The number of aromatic hydroxyl groups is 1. The van der Waals surface area contributed by atoms with Crippen molar-refractivity contribution in [2.24, 2.45) is 0 Å². The Labute approximate surface area is 95.5 Å². The summed E-state index contributed by atoms with van der Waals surface area (Å²) in [5.41, 5.74) is -2.10. The van der Waals surface area contributed by atoms with Crippen molar-refractivity contribution in [3.63, 3.8) is 0 Å². The van der Waals surface area contributed by atoms with Gasteiger partial charge in [-0.2, -0.15) is 0 Å². The zero-order chi connectivity index (χ0) is 13.4. The van der Waals surface area contributed by atoms with E-state index >= 15 is 0 Å². The maximum atomic E-state index is 13.5. The molecule has 0 spiro atoms. The number of phenols is 1. The highest BCUT2D eigenvalue weighted by Crippen LogP contribution is 2.38. The Balaban J connectivity index is 3.44. The van der Waals surface area contributed by atoms with Crippen LogP contribution in [0.2, 0.25) is 0 Å². The van der Waals surface area contributed by atoms with Gasteiger partial charge in [-0.1, -0.05) is 13.8 Å². The Kier molecular flexibility index (Phi) is 3.35. The maximum absolute atomic E-state index is 13.5. The van der Waals surface area contributed by atoms with E-state index in [2.05, 4.69) is 0 Å². The zero-order valence-corrected chi connectivity index (χ0v) is 9.22. The van der Waals surface area contributed by atoms with Crippen molar-refractivity contribution in [1.29, 1.82) is 0 Å². The van der Waals surface area contributed by atoms with Crippen molar-refractivity contribution in [2.75, 3.05) is 0 Å². The van der Waals surface area contributed by atoms with E-state index in [1.807, 2.05) is 0 Å². The zero-order valence-electron chi connectivity index (χ0n) is 9.22. The third-order valence-corrected chi connectivity index (χ3v) is 2.42. The second kappa shape index (κ2) is 4.27. The molecule has 0 heterocycles. The van der Waals surface area contributed by atoms with Crippen molar-refractivity contribution in [3.8, 4) is 5.75 Å². The van der Waals surface area contributed by atoms with E-state index in [9.17, 15) is 23.1 Å². The molecular formula is C11H11F3O3. The number of phenolic OH excluding ortho intramolecular Hbond substituents is 1. The van der Waals surface area contributed by atoms with Crippen molar-refractivity contribution in [3.05, 3.63) is 29.1 Å². The summed E-state index contributed by atoms with van der Waals surface area (Å²) in [7, 11) is 0. The third kappa shape index (κ3) is 2.51. The number of hydrogen-bond acceptors (Lipinski definition) is 2. The average Bonchev–Trinajstić information content (AvgIpc) is 2.12. The lowest BCUT2D eigenvalue weighted by Gasteiger charge is -2.24. The number of carbonyl (C=O) groups is 1. The first-order valence-corrected chi connectivity index (χ1v) is 4.75. The Morgan fingerprint density at radius 2 is 1.82 bits per heavy atom. The molecule has 0 amide bonds. The molecule has 6 heteroatoms. The van der Waals surface area contributed by atoms with Crippen LogP contribution >= 0.6 is 0 Å². The molecule has 0 saturated carbocycles. The van der Waals surface area contributed by atoms with Crippen LogP contribution in [0.5, 0.6) is 5.75 Å². The van der Waals surface area contributed by atoms with Gasteiger partial charge in [0.1, 0.15) is 0 Å². The minimum Gasteiger partial charge on any atom is -0.505 e. The fourth-order valence-electron chi connectivity index (χ4n) is 1.67. The molecule has 0 aliphatic heterocycles. The van der Waals surface area contributed by atoms with Gasteiger partial charge >= 0.3 is 5.97 Å². The monoisotopic (exact) mass is 248 g/mol. The van der Waals surface area contributed by atoms with Gasteiger partial charge in [-0.3, -0.25) is 4.79 Å². The molecule has 1 aromatic rings. The Hall–Kier alpha value is -1.72. The fourth-order valence-corrected chi connectivity index (χ4v) is 1.67. The minimum atomic E-state index is -1.46. The SMILES string of the molecule is CC(C)(CC(=O)O)c1c(O)c(F)cc(F)c1F. The van der Waals surface area contributed by atoms with Crippen LogP contribution in [-0.4, -0.2) is 16.2 Å². The van der Waals surface area contributed by atoms with E-state index < -0.39 is 46.6 Å². The Bertz CT molecular complexity index is 443. The first-order chi connectivity index (χ1) is 7.66. The van der Waals surface area contributed by atoms with Gasteiger partial charge in [0.05, 0.1) is 6.42 Å². The second-order valence-corrected chi connectivity index (χ2v) is 4.33. The molecule has 0 aromatic heterocycles. The van der Waals surface area contributed by atoms with Crippen LogP contribution in [0.1, 0.15) is 25.8 Å². The highest BCUT2D eigenvalue weighted by atomic mass is 19.2. The van der Waals surface area contributed by atoms with E-state index in [0.29, 0.717) is 0 Å². The smallest absolute Gasteiger partial charge is 0.304 e. The fraction of sp³-hybridized carbons (Fsp3) is 0.364. The number of rotatable bonds is 3. The van der Waals surface area contributed by atoms with Crippen molar-refractivity contribution in [2.45, 2.75) is 25.7 Å². The summed E-state index contributed by atoms with van der Waals surface area (Å²) >= 11 is 0. The molecule has 1 aromatic carbocycles. The van der Waals surface area contributed by atoms with Gasteiger partial charge in [-0.15, -0.1) is 0 Å². The summed E-state index contributed by atoms with van der Waals surface area (Å²) in [6.45, 7) is 2.55. The van der Waals surface area contributed by atoms with Crippen LogP contribution in [0.3, 0.4) is 0 Å². The molecular weight excluding hydrogens is 237 g/mol. The Morgan fingerprint density at radius 3 is 2.29 bits per heavy atom.